The van der Waals surface area contributed by atoms with E-state index >= 15 is 0 Å². The van der Waals surface area contributed by atoms with E-state index in [1.807, 2.05) is 6.92 Å². The molecule has 0 amide bonds. The molecular weight excluding hydrogens is 384 g/mol. The number of nitrogens with one attached hydrogen (secondary N) is 1. The van der Waals surface area contributed by atoms with Crippen LogP contribution in [-0.4, -0.2) is 64.3 Å². The summed E-state index contributed by atoms with van der Waals surface area (Å²) in [5.41, 5.74) is -0.407. The third-order valence-electron chi connectivity index (χ3n) is 3.82. The number of rotatable bonds is 8. The van der Waals surface area contributed by atoms with E-state index in [4.69, 9.17) is 21.1 Å². The Labute approximate surface area is 160 Å². The monoisotopic (exact) mass is 404 g/mol. The molecule has 144 valence electrons. The average Bonchev–Trinajstić information content (AvgIpc) is 2.60. The van der Waals surface area contributed by atoms with Crippen molar-refractivity contribution in [1.82, 2.24) is 9.97 Å². The lowest BCUT2D eigenvalue weighted by atomic mass is 9.93. The van der Waals surface area contributed by atoms with Gasteiger partial charge in [-0.1, -0.05) is 42.4 Å². The van der Waals surface area contributed by atoms with Crippen LogP contribution < -0.4 is 5.32 Å². The van der Waals surface area contributed by atoms with Crippen LogP contribution in [0.1, 0.15) is 13.3 Å². The van der Waals surface area contributed by atoms with E-state index in [1.165, 1.54) is 26.0 Å². The first-order chi connectivity index (χ1) is 12.4. The lowest BCUT2D eigenvalue weighted by molar-refractivity contribution is -0.384. The van der Waals surface area contributed by atoms with E-state index in [2.05, 4.69) is 15.3 Å². The van der Waals surface area contributed by atoms with Crippen molar-refractivity contribution in [2.75, 3.05) is 25.3 Å². The molecule has 0 saturated carbocycles. The number of aliphatic hydroxyl groups is 1. The van der Waals surface area contributed by atoms with Crippen molar-refractivity contribution in [2.45, 2.75) is 42.9 Å². The van der Waals surface area contributed by atoms with Crippen LogP contribution in [0.4, 0.5) is 11.5 Å². The van der Waals surface area contributed by atoms with Crippen LogP contribution in [0.3, 0.4) is 0 Å². The summed E-state index contributed by atoms with van der Waals surface area (Å²) >= 11 is 7.38. The topological polar surface area (TPSA) is 120 Å². The maximum atomic E-state index is 11.4. The van der Waals surface area contributed by atoms with Gasteiger partial charge in [0.15, 0.2) is 5.16 Å². The van der Waals surface area contributed by atoms with E-state index < -0.39 is 35.0 Å². The number of aliphatic hydroxyl groups excluding tert-OH is 1. The molecule has 1 aromatic rings. The zero-order valence-corrected chi connectivity index (χ0v) is 16.2. The number of hydrogen-bond acceptors (Lipinski definition) is 9. The van der Waals surface area contributed by atoms with Crippen LogP contribution >= 0.6 is 23.4 Å². The molecule has 0 saturated heterocycles. The fraction of sp³-hybridized carbons (Fsp3) is 0.600. The lowest BCUT2D eigenvalue weighted by Crippen LogP contribution is -2.51. The van der Waals surface area contributed by atoms with Gasteiger partial charge in [0.05, 0.1) is 11.0 Å². The Bertz CT molecular complexity index is 678. The summed E-state index contributed by atoms with van der Waals surface area (Å²) < 4.78 is 10.7. The number of ether oxygens (including phenoxy) is 2. The second kappa shape index (κ2) is 9.47. The molecule has 1 aliphatic rings. The molecule has 0 unspecified atom stereocenters. The molecule has 9 nitrogen and oxygen atoms in total. The highest BCUT2D eigenvalue weighted by atomic mass is 35.5. The van der Waals surface area contributed by atoms with Crippen molar-refractivity contribution in [3.05, 3.63) is 27.4 Å². The van der Waals surface area contributed by atoms with Crippen LogP contribution in [0.15, 0.2) is 17.3 Å². The van der Waals surface area contributed by atoms with Gasteiger partial charge in [0.2, 0.25) is 11.0 Å². The standard InChI is InChI=1S/C15H21ClN4O5S/c1-4-7-26-15-18-13(16)10(20(22)23)14(19-15)17-8-5-6-9(21)12(25-3)11(8)24-2/h5-6,8-9,11-12,21H,4,7H2,1-3H3,(H,17,18,19)/t8-,9+,11+,12-/m1/s1. The van der Waals surface area contributed by atoms with E-state index in [-0.39, 0.29) is 11.0 Å². The molecule has 1 aromatic heterocycles. The summed E-state index contributed by atoms with van der Waals surface area (Å²) in [5.74, 6) is 0.756. The van der Waals surface area contributed by atoms with Gasteiger partial charge in [-0.05, 0) is 6.42 Å². The first-order valence-electron chi connectivity index (χ1n) is 7.96. The molecule has 0 aromatic carbocycles. The van der Waals surface area contributed by atoms with Gasteiger partial charge in [0.1, 0.15) is 18.3 Å². The van der Waals surface area contributed by atoms with Crippen molar-refractivity contribution in [1.29, 1.82) is 0 Å². The lowest BCUT2D eigenvalue weighted by Gasteiger charge is -2.36. The Kier molecular flexibility index (Phi) is 7.59. The number of thioether (sulfide) groups is 1. The van der Waals surface area contributed by atoms with Crippen molar-refractivity contribution in [3.63, 3.8) is 0 Å². The molecule has 1 aliphatic carbocycles. The number of halogens is 1. The smallest absolute Gasteiger partial charge is 0.348 e. The molecular formula is C15H21ClN4O5S. The van der Waals surface area contributed by atoms with Gasteiger partial charge >= 0.3 is 5.69 Å². The number of nitro groups is 1. The zero-order chi connectivity index (χ0) is 19.3. The first kappa shape index (κ1) is 20.8. The Hall–Kier alpha value is -1.46. The van der Waals surface area contributed by atoms with Gasteiger partial charge < -0.3 is 19.9 Å². The van der Waals surface area contributed by atoms with E-state index in [0.29, 0.717) is 5.16 Å². The number of anilines is 1. The summed E-state index contributed by atoms with van der Waals surface area (Å²) in [6.45, 7) is 2.01. The number of nitrogens with zero attached hydrogens (tertiary/aromatic N) is 3. The molecule has 1 heterocycles. The molecule has 4 atom stereocenters. The van der Waals surface area contributed by atoms with Gasteiger partial charge in [0, 0.05) is 20.0 Å². The molecule has 0 fully saturated rings. The van der Waals surface area contributed by atoms with Gasteiger partial charge in [-0.25, -0.2) is 4.98 Å². The van der Waals surface area contributed by atoms with Crippen molar-refractivity contribution < 1.29 is 19.5 Å². The van der Waals surface area contributed by atoms with Crippen LogP contribution in [0.2, 0.25) is 5.15 Å². The minimum atomic E-state index is -0.845. The van der Waals surface area contributed by atoms with E-state index in [9.17, 15) is 15.2 Å². The quantitative estimate of drug-likeness (QED) is 0.168. The Morgan fingerprint density at radius 2 is 2.04 bits per heavy atom. The largest absolute Gasteiger partial charge is 0.386 e. The fourth-order valence-corrected chi connectivity index (χ4v) is 3.61. The average molecular weight is 405 g/mol. The normalized spacial score (nSPS) is 25.3. The third kappa shape index (κ3) is 4.63. The maximum Gasteiger partial charge on any atom is 0.348 e. The Morgan fingerprint density at radius 3 is 2.62 bits per heavy atom. The van der Waals surface area contributed by atoms with Gasteiger partial charge in [0.25, 0.3) is 0 Å². The minimum Gasteiger partial charge on any atom is -0.386 e. The first-order valence-corrected chi connectivity index (χ1v) is 9.32. The fourth-order valence-electron chi connectivity index (χ4n) is 2.62. The summed E-state index contributed by atoms with van der Waals surface area (Å²) in [5, 5.41) is 24.5. The van der Waals surface area contributed by atoms with Crippen molar-refractivity contribution >= 4 is 34.9 Å². The molecule has 0 bridgehead atoms. The molecule has 2 N–H and O–H groups in total. The second-order valence-corrected chi connectivity index (χ2v) is 6.97. The van der Waals surface area contributed by atoms with Crippen LogP contribution in [-0.2, 0) is 9.47 Å². The van der Waals surface area contributed by atoms with Crippen LogP contribution in [0.5, 0.6) is 0 Å². The van der Waals surface area contributed by atoms with Crippen molar-refractivity contribution in [2.24, 2.45) is 0 Å². The summed E-state index contributed by atoms with van der Waals surface area (Å²) in [6, 6.07) is -0.512. The zero-order valence-electron chi connectivity index (χ0n) is 14.6. The summed E-state index contributed by atoms with van der Waals surface area (Å²) in [4.78, 5) is 19.0. The summed E-state index contributed by atoms with van der Waals surface area (Å²) in [6.07, 6.45) is 2.04. The predicted molar refractivity (Wildman–Crippen MR) is 98.9 cm³/mol. The van der Waals surface area contributed by atoms with E-state index in [0.717, 1.165) is 12.2 Å². The van der Waals surface area contributed by atoms with Gasteiger partial charge in [-0.2, -0.15) is 4.98 Å². The SMILES string of the molecule is CCCSc1nc(Cl)c([N+](=O)[O-])c(N[C@@H]2C=C[C@H](O)[C@@H](OC)[C@H]2OC)n1. The number of hydrogen-bond donors (Lipinski definition) is 2. The predicted octanol–water partition coefficient (Wildman–Crippen LogP) is 2.28. The highest BCUT2D eigenvalue weighted by Crippen LogP contribution is 2.33. The highest BCUT2D eigenvalue weighted by molar-refractivity contribution is 7.99. The Balaban J connectivity index is 2.38. The van der Waals surface area contributed by atoms with Crippen molar-refractivity contribution in [3.8, 4) is 0 Å². The minimum absolute atomic E-state index is 0.00320. The van der Waals surface area contributed by atoms with Crippen LogP contribution in [0.25, 0.3) is 0 Å². The Morgan fingerprint density at radius 1 is 1.35 bits per heavy atom. The molecule has 0 radical (unpaired) electrons. The molecule has 26 heavy (non-hydrogen) atoms. The molecule has 2 rings (SSSR count). The third-order valence-corrected chi connectivity index (χ3v) is 5.13. The van der Waals surface area contributed by atoms with Gasteiger partial charge in [-0.15, -0.1) is 0 Å². The molecule has 0 spiro atoms. The summed E-state index contributed by atoms with van der Waals surface area (Å²) in [7, 11) is 2.93. The second-order valence-electron chi connectivity index (χ2n) is 5.55. The van der Waals surface area contributed by atoms with Gasteiger partial charge in [-0.3, -0.25) is 10.1 Å². The highest BCUT2D eigenvalue weighted by Gasteiger charge is 2.37. The number of aromatic nitrogens is 2. The van der Waals surface area contributed by atoms with Crippen LogP contribution in [0, 0.1) is 10.1 Å². The number of methoxy groups -OCH3 is 2. The molecule has 0 aliphatic heterocycles. The molecule has 11 heteroatoms. The van der Waals surface area contributed by atoms with E-state index in [1.54, 1.807) is 12.2 Å². The maximum absolute atomic E-state index is 11.4.